The first kappa shape index (κ1) is 24.3. The Morgan fingerprint density at radius 3 is 2.50 bits per heavy atom. The zero-order chi connectivity index (χ0) is 20.5. The molecule has 1 aliphatic heterocycles. The molecule has 1 aliphatic rings. The van der Waals surface area contributed by atoms with E-state index in [1.807, 2.05) is 60.4 Å². The summed E-state index contributed by atoms with van der Waals surface area (Å²) in [6.45, 7) is 5.66. The zero-order valence-corrected chi connectivity index (χ0v) is 20.2. The van der Waals surface area contributed by atoms with E-state index in [1.165, 1.54) is 0 Å². The van der Waals surface area contributed by atoms with E-state index in [-0.39, 0.29) is 30.0 Å². The molecule has 30 heavy (non-hydrogen) atoms. The fourth-order valence-electron chi connectivity index (χ4n) is 3.17. The van der Waals surface area contributed by atoms with Gasteiger partial charge in [-0.2, -0.15) is 0 Å². The number of nitrogens with one attached hydrogen (secondary N) is 3. The zero-order valence-electron chi connectivity index (χ0n) is 17.2. The lowest BCUT2D eigenvalue weighted by Crippen LogP contribution is -2.36. The van der Waals surface area contributed by atoms with Crippen molar-refractivity contribution < 1.29 is 4.79 Å². The van der Waals surface area contributed by atoms with Gasteiger partial charge >= 0.3 is 6.03 Å². The number of likely N-dealkylation sites (tertiary alicyclic amines) is 1. The maximum atomic E-state index is 12.3. The molecule has 0 saturated carbocycles. The molecule has 0 aromatic heterocycles. The second kappa shape index (κ2) is 12.6. The normalized spacial score (nSPS) is 13.5. The number of guanidine groups is 1. The first-order valence-electron chi connectivity index (χ1n) is 10.1. The monoisotopic (exact) mass is 541 g/mol. The van der Waals surface area contributed by atoms with Crippen LogP contribution in [-0.2, 0) is 13.1 Å². The predicted molar refractivity (Wildman–Crippen MR) is 135 cm³/mol. The van der Waals surface area contributed by atoms with E-state index in [9.17, 15) is 4.79 Å². The van der Waals surface area contributed by atoms with Crippen LogP contribution < -0.4 is 16.0 Å². The molecule has 8 heteroatoms. The second-order valence-corrected chi connectivity index (χ2v) is 7.44. The number of nitrogens with zero attached hydrogens (tertiary/aromatic N) is 2. The Kier molecular flexibility index (Phi) is 10.2. The van der Waals surface area contributed by atoms with E-state index in [1.54, 1.807) is 0 Å². The number of aliphatic imine (C=N–C) groups is 1. The van der Waals surface area contributed by atoms with E-state index in [4.69, 9.17) is 11.6 Å². The summed E-state index contributed by atoms with van der Waals surface area (Å²) >= 11 is 5.94. The topological polar surface area (TPSA) is 68.8 Å². The van der Waals surface area contributed by atoms with E-state index in [2.05, 4.69) is 20.9 Å². The van der Waals surface area contributed by atoms with Crippen molar-refractivity contribution in [2.45, 2.75) is 32.9 Å². The largest absolute Gasteiger partial charge is 0.357 e. The average Bonchev–Trinajstić information content (AvgIpc) is 3.27. The average molecular weight is 542 g/mol. The quantitative estimate of drug-likeness (QED) is 0.278. The summed E-state index contributed by atoms with van der Waals surface area (Å²) in [5, 5.41) is 10.3. The third kappa shape index (κ3) is 7.68. The van der Waals surface area contributed by atoms with E-state index in [0.29, 0.717) is 13.1 Å². The van der Waals surface area contributed by atoms with Gasteiger partial charge in [0.25, 0.3) is 0 Å². The van der Waals surface area contributed by atoms with Gasteiger partial charge in [-0.05, 0) is 55.2 Å². The second-order valence-electron chi connectivity index (χ2n) is 7.00. The molecule has 1 fully saturated rings. The van der Waals surface area contributed by atoms with Gasteiger partial charge in [-0.15, -0.1) is 24.0 Å². The molecule has 0 atom stereocenters. The standard InChI is InChI=1S/C22H28ClN5O.HI/c1-2-24-21(25-15-17-8-10-19(23)11-9-17)26-16-18-6-5-7-20(14-18)27-22(29)28-12-3-4-13-28;/h5-11,14H,2-4,12-13,15-16H2,1H3,(H,27,29)(H2,24,25,26);1H. The third-order valence-corrected chi connectivity index (χ3v) is 4.96. The molecule has 2 aromatic rings. The van der Waals surface area contributed by atoms with Gasteiger partial charge in [0.2, 0.25) is 0 Å². The fourth-order valence-corrected chi connectivity index (χ4v) is 3.30. The Bertz CT molecular complexity index is 838. The van der Waals surface area contributed by atoms with Crippen LogP contribution in [0.1, 0.15) is 30.9 Å². The molecule has 0 unspecified atom stereocenters. The van der Waals surface area contributed by atoms with Crippen molar-refractivity contribution >= 4 is 53.3 Å². The molecule has 162 valence electrons. The van der Waals surface area contributed by atoms with E-state index < -0.39 is 0 Å². The summed E-state index contributed by atoms with van der Waals surface area (Å²) in [5.41, 5.74) is 2.97. The van der Waals surface area contributed by atoms with Crippen molar-refractivity contribution in [2.75, 3.05) is 25.0 Å². The van der Waals surface area contributed by atoms with Crippen molar-refractivity contribution in [3.63, 3.8) is 0 Å². The van der Waals surface area contributed by atoms with Crippen molar-refractivity contribution in [2.24, 2.45) is 4.99 Å². The maximum Gasteiger partial charge on any atom is 0.321 e. The summed E-state index contributed by atoms with van der Waals surface area (Å²) in [4.78, 5) is 18.8. The third-order valence-electron chi connectivity index (χ3n) is 4.71. The fraction of sp³-hybridized carbons (Fsp3) is 0.364. The van der Waals surface area contributed by atoms with Crippen molar-refractivity contribution in [1.82, 2.24) is 15.5 Å². The van der Waals surface area contributed by atoms with Crippen LogP contribution in [0.2, 0.25) is 5.02 Å². The number of carbonyl (C=O) groups excluding carboxylic acids is 1. The maximum absolute atomic E-state index is 12.3. The van der Waals surface area contributed by atoms with Gasteiger partial charge in [0.15, 0.2) is 5.96 Å². The highest BCUT2D eigenvalue weighted by Gasteiger charge is 2.17. The number of hydrogen-bond acceptors (Lipinski definition) is 2. The van der Waals surface area contributed by atoms with E-state index in [0.717, 1.165) is 60.3 Å². The van der Waals surface area contributed by atoms with Gasteiger partial charge in [0.05, 0.1) is 6.54 Å². The molecular formula is C22H29ClIN5O. The predicted octanol–water partition coefficient (Wildman–Crippen LogP) is 4.84. The molecule has 2 amide bonds. The minimum atomic E-state index is -0.0267. The van der Waals surface area contributed by atoms with Crippen molar-refractivity contribution in [3.05, 3.63) is 64.7 Å². The highest BCUT2D eigenvalue weighted by atomic mass is 127. The van der Waals surface area contributed by atoms with Crippen LogP contribution in [0.25, 0.3) is 0 Å². The Labute approximate surface area is 200 Å². The molecule has 3 N–H and O–H groups in total. The SMILES string of the molecule is CCNC(=NCc1cccc(NC(=O)N2CCCC2)c1)NCc1ccc(Cl)cc1.I. The molecule has 1 heterocycles. The molecule has 0 bridgehead atoms. The van der Waals surface area contributed by atoms with Crippen LogP contribution in [0.5, 0.6) is 0 Å². The molecule has 6 nitrogen and oxygen atoms in total. The molecule has 1 saturated heterocycles. The number of benzene rings is 2. The smallest absolute Gasteiger partial charge is 0.321 e. The number of urea groups is 1. The number of anilines is 1. The molecule has 3 rings (SSSR count). The molecule has 0 radical (unpaired) electrons. The Balaban J connectivity index is 0.00000320. The lowest BCUT2D eigenvalue weighted by molar-refractivity contribution is 0.222. The van der Waals surface area contributed by atoms with Crippen LogP contribution >= 0.6 is 35.6 Å². The highest BCUT2D eigenvalue weighted by Crippen LogP contribution is 2.15. The van der Waals surface area contributed by atoms with Crippen LogP contribution in [0, 0.1) is 0 Å². The molecule has 0 aliphatic carbocycles. The van der Waals surface area contributed by atoms with Gasteiger partial charge < -0.3 is 20.9 Å². The summed E-state index contributed by atoms with van der Waals surface area (Å²) in [6, 6.07) is 15.6. The van der Waals surface area contributed by atoms with Gasteiger partial charge in [-0.1, -0.05) is 35.9 Å². The van der Waals surface area contributed by atoms with Crippen molar-refractivity contribution in [3.8, 4) is 0 Å². The van der Waals surface area contributed by atoms with Gasteiger partial charge in [-0.3, -0.25) is 0 Å². The Morgan fingerprint density at radius 1 is 1.07 bits per heavy atom. The van der Waals surface area contributed by atoms with Gasteiger partial charge in [0, 0.05) is 36.9 Å². The number of hydrogen-bond donors (Lipinski definition) is 3. The van der Waals surface area contributed by atoms with Crippen LogP contribution in [0.4, 0.5) is 10.5 Å². The van der Waals surface area contributed by atoms with Crippen LogP contribution in [0.15, 0.2) is 53.5 Å². The minimum absolute atomic E-state index is 0. The minimum Gasteiger partial charge on any atom is -0.357 e. The highest BCUT2D eigenvalue weighted by molar-refractivity contribution is 14.0. The summed E-state index contributed by atoms with van der Waals surface area (Å²) in [7, 11) is 0. The number of carbonyl (C=O) groups is 1. The summed E-state index contributed by atoms with van der Waals surface area (Å²) in [6.07, 6.45) is 2.16. The lowest BCUT2D eigenvalue weighted by Gasteiger charge is -2.16. The number of rotatable bonds is 6. The first-order chi connectivity index (χ1) is 14.1. The summed E-state index contributed by atoms with van der Waals surface area (Å²) in [5.74, 6) is 0.744. The Hall–Kier alpha value is -2.00. The number of amides is 2. The van der Waals surface area contributed by atoms with Crippen LogP contribution in [0.3, 0.4) is 0 Å². The van der Waals surface area contributed by atoms with Crippen LogP contribution in [-0.4, -0.2) is 36.5 Å². The van der Waals surface area contributed by atoms with E-state index >= 15 is 0 Å². The van der Waals surface area contributed by atoms with Gasteiger partial charge in [-0.25, -0.2) is 9.79 Å². The Morgan fingerprint density at radius 2 is 1.80 bits per heavy atom. The van der Waals surface area contributed by atoms with Gasteiger partial charge in [0.1, 0.15) is 0 Å². The first-order valence-corrected chi connectivity index (χ1v) is 10.4. The lowest BCUT2D eigenvalue weighted by atomic mass is 10.2. The molecule has 2 aromatic carbocycles. The summed E-state index contributed by atoms with van der Waals surface area (Å²) < 4.78 is 0. The molecular weight excluding hydrogens is 513 g/mol. The molecule has 0 spiro atoms. The number of halogens is 2. The van der Waals surface area contributed by atoms with Crippen molar-refractivity contribution in [1.29, 1.82) is 0 Å².